The molecule has 2 aliphatic heterocycles. The van der Waals surface area contributed by atoms with E-state index in [1.165, 1.54) is 6.07 Å². The number of benzene rings is 2. The Bertz CT molecular complexity index is 1050. The van der Waals surface area contributed by atoms with Crippen molar-refractivity contribution in [3.05, 3.63) is 52.4 Å². The summed E-state index contributed by atoms with van der Waals surface area (Å²) in [4.78, 5) is 39.8. The topological polar surface area (TPSA) is 118 Å². The van der Waals surface area contributed by atoms with Gasteiger partial charge in [-0.1, -0.05) is 0 Å². The number of hydrogen-bond donors (Lipinski definition) is 2. The molecule has 2 fully saturated rings. The van der Waals surface area contributed by atoms with Crippen molar-refractivity contribution in [1.29, 1.82) is 5.26 Å². The predicted molar refractivity (Wildman–Crippen MR) is 118 cm³/mol. The lowest BCUT2D eigenvalue weighted by molar-refractivity contribution is -0.117. The number of hydrogen-bond acceptors (Lipinski definition) is 7. The lowest BCUT2D eigenvalue weighted by atomic mass is 10.1. The molecule has 2 aromatic rings. The molecule has 0 spiro atoms. The van der Waals surface area contributed by atoms with Crippen LogP contribution in [0.25, 0.3) is 0 Å². The van der Waals surface area contributed by atoms with E-state index in [1.807, 2.05) is 4.90 Å². The minimum atomic E-state index is -0.403. The lowest BCUT2D eigenvalue weighted by Crippen LogP contribution is -2.43. The van der Waals surface area contributed by atoms with Crippen molar-refractivity contribution >= 4 is 34.6 Å². The average Bonchev–Trinajstić information content (AvgIpc) is 3.25. The summed E-state index contributed by atoms with van der Waals surface area (Å²) in [5.74, 6) is -0.322. The SMILES string of the molecule is N#Cc1cc(N=O)c(NC(=O)c2ccc(N3CCCC3=O)cc2)cc1N1CCNCC1. The van der Waals surface area contributed by atoms with E-state index in [1.54, 1.807) is 35.2 Å². The summed E-state index contributed by atoms with van der Waals surface area (Å²) in [6, 6.07) is 11.9. The third-order valence-corrected chi connectivity index (χ3v) is 5.55. The van der Waals surface area contributed by atoms with E-state index in [2.05, 4.69) is 21.9 Å². The summed E-state index contributed by atoms with van der Waals surface area (Å²) in [6.07, 6.45) is 1.37. The minimum absolute atomic E-state index is 0.00284. The number of anilines is 3. The molecule has 2 saturated heterocycles. The van der Waals surface area contributed by atoms with Gasteiger partial charge in [0.05, 0.1) is 16.9 Å². The Kier molecular flexibility index (Phi) is 5.91. The molecule has 9 nitrogen and oxygen atoms in total. The Hall–Kier alpha value is -3.77. The number of nitroso groups, excluding NO2 is 1. The van der Waals surface area contributed by atoms with Crippen LogP contribution in [0.3, 0.4) is 0 Å². The fourth-order valence-corrected chi connectivity index (χ4v) is 3.92. The van der Waals surface area contributed by atoms with Crippen molar-refractivity contribution in [2.45, 2.75) is 12.8 Å². The van der Waals surface area contributed by atoms with Crippen LogP contribution >= 0.6 is 0 Å². The zero-order valence-corrected chi connectivity index (χ0v) is 16.9. The molecule has 0 atom stereocenters. The number of nitriles is 1. The highest BCUT2D eigenvalue weighted by atomic mass is 16.3. The molecule has 9 heteroatoms. The number of amides is 2. The number of carbonyl (C=O) groups is 2. The van der Waals surface area contributed by atoms with E-state index in [0.29, 0.717) is 42.9 Å². The molecule has 2 heterocycles. The summed E-state index contributed by atoms with van der Waals surface area (Å²) in [6.45, 7) is 3.68. The van der Waals surface area contributed by atoms with E-state index in [9.17, 15) is 19.8 Å². The molecular formula is C22H22N6O3. The van der Waals surface area contributed by atoms with Crippen LogP contribution in [-0.4, -0.2) is 44.5 Å². The van der Waals surface area contributed by atoms with Gasteiger partial charge >= 0.3 is 0 Å². The molecule has 4 rings (SSSR count). The molecule has 0 saturated carbocycles. The molecule has 2 N–H and O–H groups in total. The van der Waals surface area contributed by atoms with Gasteiger partial charge in [-0.2, -0.15) is 5.26 Å². The largest absolute Gasteiger partial charge is 0.368 e. The number of piperazine rings is 1. The van der Waals surface area contributed by atoms with Crippen LogP contribution in [0.15, 0.2) is 41.6 Å². The number of nitrogens with zero attached hydrogens (tertiary/aromatic N) is 4. The zero-order valence-electron chi connectivity index (χ0n) is 16.9. The van der Waals surface area contributed by atoms with Gasteiger partial charge in [-0.05, 0) is 48.0 Å². The molecular weight excluding hydrogens is 396 g/mol. The highest BCUT2D eigenvalue weighted by Gasteiger charge is 2.22. The smallest absolute Gasteiger partial charge is 0.255 e. The van der Waals surface area contributed by atoms with Crippen LogP contribution in [-0.2, 0) is 4.79 Å². The maximum atomic E-state index is 12.8. The summed E-state index contributed by atoms with van der Waals surface area (Å²) in [5, 5.41) is 18.5. The van der Waals surface area contributed by atoms with Crippen molar-refractivity contribution in [1.82, 2.24) is 5.32 Å². The maximum Gasteiger partial charge on any atom is 0.255 e. The summed E-state index contributed by atoms with van der Waals surface area (Å²) in [7, 11) is 0. The van der Waals surface area contributed by atoms with E-state index in [-0.39, 0.29) is 17.3 Å². The quantitative estimate of drug-likeness (QED) is 0.721. The minimum Gasteiger partial charge on any atom is -0.368 e. The van der Waals surface area contributed by atoms with Crippen LogP contribution in [0, 0.1) is 16.2 Å². The van der Waals surface area contributed by atoms with Gasteiger partial charge < -0.3 is 20.4 Å². The Balaban J connectivity index is 1.57. The highest BCUT2D eigenvalue weighted by molar-refractivity contribution is 6.06. The van der Waals surface area contributed by atoms with Gasteiger partial charge in [0.1, 0.15) is 11.8 Å². The van der Waals surface area contributed by atoms with Gasteiger partial charge in [0.15, 0.2) is 0 Å². The fraction of sp³-hybridized carbons (Fsp3) is 0.318. The molecule has 0 aliphatic carbocycles. The van der Waals surface area contributed by atoms with Gasteiger partial charge in [-0.25, -0.2) is 0 Å². The molecule has 0 aromatic heterocycles. The first-order chi connectivity index (χ1) is 15.1. The Morgan fingerprint density at radius 1 is 1.13 bits per heavy atom. The molecule has 0 radical (unpaired) electrons. The average molecular weight is 418 g/mol. The first-order valence-corrected chi connectivity index (χ1v) is 10.2. The number of carbonyl (C=O) groups excluding carboxylic acids is 2. The normalized spacial score (nSPS) is 16.2. The zero-order chi connectivity index (χ0) is 21.8. The summed E-state index contributed by atoms with van der Waals surface area (Å²) in [5.41, 5.74) is 2.41. The van der Waals surface area contributed by atoms with Gasteiger partial charge in [0, 0.05) is 50.4 Å². The molecule has 31 heavy (non-hydrogen) atoms. The summed E-state index contributed by atoms with van der Waals surface area (Å²) < 4.78 is 0. The highest BCUT2D eigenvalue weighted by Crippen LogP contribution is 2.34. The molecule has 0 unspecified atom stereocenters. The van der Waals surface area contributed by atoms with E-state index >= 15 is 0 Å². The van der Waals surface area contributed by atoms with Gasteiger partial charge in [-0.3, -0.25) is 9.59 Å². The van der Waals surface area contributed by atoms with E-state index < -0.39 is 5.91 Å². The monoisotopic (exact) mass is 418 g/mol. The Morgan fingerprint density at radius 2 is 1.87 bits per heavy atom. The third kappa shape index (κ3) is 4.25. The first kappa shape index (κ1) is 20.5. The van der Waals surface area contributed by atoms with Gasteiger partial charge in [0.25, 0.3) is 5.91 Å². The number of rotatable bonds is 5. The summed E-state index contributed by atoms with van der Waals surface area (Å²) >= 11 is 0. The van der Waals surface area contributed by atoms with Crippen molar-refractivity contribution in [3.63, 3.8) is 0 Å². The van der Waals surface area contributed by atoms with Gasteiger partial charge in [0.2, 0.25) is 5.91 Å². The van der Waals surface area contributed by atoms with Gasteiger partial charge in [-0.15, -0.1) is 4.91 Å². The second kappa shape index (κ2) is 8.93. The predicted octanol–water partition coefficient (Wildman–Crippen LogP) is 2.74. The second-order valence-corrected chi connectivity index (χ2v) is 7.48. The second-order valence-electron chi connectivity index (χ2n) is 7.48. The molecule has 0 bridgehead atoms. The molecule has 2 amide bonds. The first-order valence-electron chi connectivity index (χ1n) is 10.2. The molecule has 2 aliphatic rings. The van der Waals surface area contributed by atoms with Crippen LogP contribution in [0.5, 0.6) is 0 Å². The van der Waals surface area contributed by atoms with Crippen molar-refractivity contribution in [2.75, 3.05) is 47.8 Å². The lowest BCUT2D eigenvalue weighted by Gasteiger charge is -2.30. The van der Waals surface area contributed by atoms with Crippen LogP contribution in [0.2, 0.25) is 0 Å². The van der Waals surface area contributed by atoms with Crippen LogP contribution in [0.1, 0.15) is 28.8 Å². The fourth-order valence-electron chi connectivity index (χ4n) is 3.92. The third-order valence-electron chi connectivity index (χ3n) is 5.55. The van der Waals surface area contributed by atoms with E-state index in [0.717, 1.165) is 25.2 Å². The number of nitrogens with one attached hydrogen (secondary N) is 2. The van der Waals surface area contributed by atoms with Crippen molar-refractivity contribution in [2.24, 2.45) is 5.18 Å². The standard InChI is InChI=1S/C22H22N6O3/c23-14-16-12-19(26-31)18(13-20(16)27-10-7-24-8-11-27)25-22(30)15-3-5-17(6-4-15)28-9-1-2-21(28)29/h3-6,12-13,24H,1-2,7-11H2,(H,25,30). The maximum absolute atomic E-state index is 12.8. The van der Waals surface area contributed by atoms with Crippen molar-refractivity contribution < 1.29 is 9.59 Å². The Morgan fingerprint density at radius 3 is 2.48 bits per heavy atom. The Labute approximate surface area is 179 Å². The van der Waals surface area contributed by atoms with Crippen LogP contribution < -0.4 is 20.4 Å². The van der Waals surface area contributed by atoms with E-state index in [4.69, 9.17) is 0 Å². The van der Waals surface area contributed by atoms with Crippen LogP contribution in [0.4, 0.5) is 22.7 Å². The van der Waals surface area contributed by atoms with Crippen molar-refractivity contribution in [3.8, 4) is 6.07 Å². The molecule has 2 aromatic carbocycles. The molecule has 158 valence electrons.